The molecule has 3 N–H and O–H groups in total. The van der Waals surface area contributed by atoms with Gasteiger partial charge in [0.05, 0.1) is 0 Å². The maximum Gasteiger partial charge on any atom is 0.221 e. The Kier molecular flexibility index (Phi) is 3.67. The van der Waals surface area contributed by atoms with Gasteiger partial charge in [0, 0.05) is 24.6 Å². The summed E-state index contributed by atoms with van der Waals surface area (Å²) in [5.41, 5.74) is 7.23. The van der Waals surface area contributed by atoms with Gasteiger partial charge in [-0.1, -0.05) is 6.07 Å². The van der Waals surface area contributed by atoms with Crippen LogP contribution in [0.15, 0.2) is 34.3 Å². The number of hydrogen-bond acceptors (Lipinski definition) is 2. The first kappa shape index (κ1) is 10.2. The topological polar surface area (TPSA) is 62.8 Å². The van der Waals surface area contributed by atoms with Crippen molar-refractivity contribution in [2.75, 3.05) is 18.1 Å². The molecule has 0 saturated heterocycles. The van der Waals surface area contributed by atoms with Gasteiger partial charge in [0.25, 0.3) is 0 Å². The SMILES string of the molecule is CC=NC(=NC)Nc1cccc(N)c1. The molecule has 1 rings (SSSR count). The summed E-state index contributed by atoms with van der Waals surface area (Å²) in [5, 5.41) is 3.04. The summed E-state index contributed by atoms with van der Waals surface area (Å²) in [7, 11) is 1.68. The van der Waals surface area contributed by atoms with E-state index >= 15 is 0 Å². The predicted molar refractivity (Wildman–Crippen MR) is 62.0 cm³/mol. The lowest BCUT2D eigenvalue weighted by Gasteiger charge is -2.04. The van der Waals surface area contributed by atoms with E-state index in [0.29, 0.717) is 11.6 Å². The van der Waals surface area contributed by atoms with Crippen LogP contribution in [0, 0.1) is 0 Å². The van der Waals surface area contributed by atoms with E-state index in [-0.39, 0.29) is 0 Å². The Bertz CT molecular complexity index is 355. The molecule has 1 aromatic carbocycles. The highest BCUT2D eigenvalue weighted by Gasteiger charge is 1.95. The molecule has 0 saturated carbocycles. The van der Waals surface area contributed by atoms with Crippen molar-refractivity contribution in [1.29, 1.82) is 0 Å². The average molecular weight is 190 g/mol. The molecule has 0 radical (unpaired) electrons. The van der Waals surface area contributed by atoms with Gasteiger partial charge in [-0.2, -0.15) is 0 Å². The molecule has 0 unspecified atom stereocenters. The van der Waals surface area contributed by atoms with Gasteiger partial charge < -0.3 is 11.1 Å². The van der Waals surface area contributed by atoms with Crippen LogP contribution in [0.1, 0.15) is 6.92 Å². The second-order valence-corrected chi connectivity index (χ2v) is 2.68. The monoisotopic (exact) mass is 190 g/mol. The molecular formula is C10H14N4. The minimum atomic E-state index is 0.568. The molecule has 4 nitrogen and oxygen atoms in total. The minimum absolute atomic E-state index is 0.568. The quantitative estimate of drug-likeness (QED) is 0.402. The van der Waals surface area contributed by atoms with Crippen LogP contribution in [-0.4, -0.2) is 19.2 Å². The highest BCUT2D eigenvalue weighted by atomic mass is 15.1. The van der Waals surface area contributed by atoms with E-state index in [0.717, 1.165) is 5.69 Å². The first-order valence-electron chi connectivity index (χ1n) is 4.34. The normalized spacial score (nSPS) is 12.0. The van der Waals surface area contributed by atoms with Crippen molar-refractivity contribution < 1.29 is 0 Å². The van der Waals surface area contributed by atoms with Crippen LogP contribution in [0.4, 0.5) is 11.4 Å². The lowest BCUT2D eigenvalue weighted by molar-refractivity contribution is 1.38. The van der Waals surface area contributed by atoms with Crippen molar-refractivity contribution in [3.63, 3.8) is 0 Å². The van der Waals surface area contributed by atoms with Crippen LogP contribution in [-0.2, 0) is 0 Å². The molecule has 0 fully saturated rings. The highest BCUT2D eigenvalue weighted by molar-refractivity contribution is 5.98. The molecule has 0 aliphatic rings. The van der Waals surface area contributed by atoms with E-state index < -0.39 is 0 Å². The lowest BCUT2D eigenvalue weighted by atomic mass is 10.3. The lowest BCUT2D eigenvalue weighted by Crippen LogP contribution is -2.09. The van der Waals surface area contributed by atoms with Crippen LogP contribution >= 0.6 is 0 Å². The first-order chi connectivity index (χ1) is 6.76. The maximum atomic E-state index is 5.63. The average Bonchev–Trinajstić information content (AvgIpc) is 2.17. The zero-order chi connectivity index (χ0) is 10.4. The molecule has 4 heteroatoms. The van der Waals surface area contributed by atoms with Crippen molar-refractivity contribution in [1.82, 2.24) is 0 Å². The second kappa shape index (κ2) is 5.01. The Morgan fingerprint density at radius 2 is 2.29 bits per heavy atom. The van der Waals surface area contributed by atoms with E-state index in [1.54, 1.807) is 13.3 Å². The predicted octanol–water partition coefficient (Wildman–Crippen LogP) is 1.76. The Balaban J connectivity index is 2.77. The van der Waals surface area contributed by atoms with E-state index in [1.807, 2.05) is 31.2 Å². The molecule has 0 aromatic heterocycles. The summed E-state index contributed by atoms with van der Waals surface area (Å²) in [5.74, 6) is 0.568. The Hall–Kier alpha value is -1.84. The third-order valence-electron chi connectivity index (χ3n) is 1.61. The number of anilines is 2. The van der Waals surface area contributed by atoms with Crippen molar-refractivity contribution >= 4 is 23.5 Å². The van der Waals surface area contributed by atoms with Crippen molar-refractivity contribution in [3.8, 4) is 0 Å². The molecular weight excluding hydrogens is 176 g/mol. The molecule has 1 aromatic rings. The fourth-order valence-electron chi connectivity index (χ4n) is 1.01. The van der Waals surface area contributed by atoms with Crippen LogP contribution < -0.4 is 11.1 Å². The number of nitrogen functional groups attached to an aromatic ring is 1. The van der Waals surface area contributed by atoms with Crippen molar-refractivity contribution in [3.05, 3.63) is 24.3 Å². The van der Waals surface area contributed by atoms with Gasteiger partial charge >= 0.3 is 0 Å². The summed E-state index contributed by atoms with van der Waals surface area (Å²) < 4.78 is 0. The second-order valence-electron chi connectivity index (χ2n) is 2.68. The molecule has 0 spiro atoms. The van der Waals surface area contributed by atoms with Gasteiger partial charge in [0.2, 0.25) is 5.96 Å². The van der Waals surface area contributed by atoms with Crippen LogP contribution in [0.2, 0.25) is 0 Å². The van der Waals surface area contributed by atoms with E-state index in [2.05, 4.69) is 15.3 Å². The minimum Gasteiger partial charge on any atom is -0.399 e. The third kappa shape index (κ3) is 2.90. The van der Waals surface area contributed by atoms with Crippen LogP contribution in [0.25, 0.3) is 0 Å². The van der Waals surface area contributed by atoms with E-state index in [4.69, 9.17) is 5.73 Å². The number of nitrogens with one attached hydrogen (secondary N) is 1. The molecule has 0 aliphatic heterocycles. The number of nitrogens with zero attached hydrogens (tertiary/aromatic N) is 2. The van der Waals surface area contributed by atoms with E-state index in [9.17, 15) is 0 Å². The largest absolute Gasteiger partial charge is 0.399 e. The maximum absolute atomic E-state index is 5.63. The number of nitrogens with two attached hydrogens (primary N) is 1. The molecule has 74 valence electrons. The fourth-order valence-corrected chi connectivity index (χ4v) is 1.01. The Morgan fingerprint density at radius 1 is 1.50 bits per heavy atom. The van der Waals surface area contributed by atoms with Gasteiger partial charge in [0.1, 0.15) is 0 Å². The number of benzene rings is 1. The van der Waals surface area contributed by atoms with Crippen LogP contribution in [0.5, 0.6) is 0 Å². The van der Waals surface area contributed by atoms with Gasteiger partial charge in [0.15, 0.2) is 0 Å². The highest BCUT2D eigenvalue weighted by Crippen LogP contribution is 2.11. The van der Waals surface area contributed by atoms with Gasteiger partial charge in [-0.3, -0.25) is 4.99 Å². The first-order valence-corrected chi connectivity index (χ1v) is 4.34. The Morgan fingerprint density at radius 3 is 2.86 bits per heavy atom. The molecule has 14 heavy (non-hydrogen) atoms. The summed E-state index contributed by atoms with van der Waals surface area (Å²) >= 11 is 0. The molecule has 0 heterocycles. The van der Waals surface area contributed by atoms with Crippen molar-refractivity contribution in [2.45, 2.75) is 6.92 Å². The molecule has 0 amide bonds. The third-order valence-corrected chi connectivity index (χ3v) is 1.61. The summed E-state index contributed by atoms with van der Waals surface area (Å²) in [6, 6.07) is 7.45. The fraction of sp³-hybridized carbons (Fsp3) is 0.200. The summed E-state index contributed by atoms with van der Waals surface area (Å²) in [6.45, 7) is 1.84. The summed E-state index contributed by atoms with van der Waals surface area (Å²) in [4.78, 5) is 8.01. The van der Waals surface area contributed by atoms with Crippen molar-refractivity contribution in [2.24, 2.45) is 9.98 Å². The summed E-state index contributed by atoms with van der Waals surface area (Å²) in [6.07, 6.45) is 1.68. The van der Waals surface area contributed by atoms with Gasteiger partial charge in [-0.15, -0.1) is 0 Å². The van der Waals surface area contributed by atoms with Gasteiger partial charge in [-0.25, -0.2) is 4.99 Å². The van der Waals surface area contributed by atoms with E-state index in [1.165, 1.54) is 0 Å². The zero-order valence-corrected chi connectivity index (χ0v) is 8.36. The number of aliphatic imine (C=N–C) groups is 2. The standard InChI is InChI=1S/C10H14N4/c1-3-13-10(12-2)14-9-6-4-5-8(11)7-9/h3-7H,11H2,1-2H3,(H,12,14). The molecule has 0 bridgehead atoms. The zero-order valence-electron chi connectivity index (χ0n) is 8.36. The molecule has 0 atom stereocenters. The molecule has 0 aliphatic carbocycles. The van der Waals surface area contributed by atoms with Gasteiger partial charge in [-0.05, 0) is 25.1 Å². The van der Waals surface area contributed by atoms with Crippen LogP contribution in [0.3, 0.4) is 0 Å². The number of guanidine groups is 1. The number of rotatable bonds is 1. The smallest absolute Gasteiger partial charge is 0.221 e. The number of hydrogen-bond donors (Lipinski definition) is 2. The Labute approximate surface area is 83.6 Å².